The summed E-state index contributed by atoms with van der Waals surface area (Å²) in [6, 6.07) is 1.84. The summed E-state index contributed by atoms with van der Waals surface area (Å²) in [6.07, 6.45) is -0.951. The topological polar surface area (TPSA) is 90.5 Å². The summed E-state index contributed by atoms with van der Waals surface area (Å²) in [6.45, 7) is 0.136. The number of nitriles is 1. The molecule has 0 aliphatic carbocycles. The van der Waals surface area contributed by atoms with Gasteiger partial charge in [-0.1, -0.05) is 0 Å². The fraction of sp³-hybridized carbons (Fsp3) is 0.714. The number of hydrogen-bond acceptors (Lipinski definition) is 4. The molecule has 12 heavy (non-hydrogen) atoms. The Bertz CT molecular complexity index is 175. The SMILES string of the molecule is N#CCCOC(O)CCC(=O)O. The molecule has 0 aromatic heterocycles. The van der Waals surface area contributed by atoms with Gasteiger partial charge in [0.05, 0.1) is 25.5 Å². The Kier molecular flexibility index (Phi) is 5.97. The van der Waals surface area contributed by atoms with E-state index < -0.39 is 12.3 Å². The van der Waals surface area contributed by atoms with Gasteiger partial charge in [-0.15, -0.1) is 0 Å². The molecule has 0 bridgehead atoms. The maximum atomic E-state index is 10.0. The first-order valence-electron chi connectivity index (χ1n) is 3.55. The zero-order valence-corrected chi connectivity index (χ0v) is 6.56. The third-order valence-electron chi connectivity index (χ3n) is 1.13. The average molecular weight is 173 g/mol. The maximum absolute atomic E-state index is 10.0. The summed E-state index contributed by atoms with van der Waals surface area (Å²) in [4.78, 5) is 10.0. The van der Waals surface area contributed by atoms with E-state index in [0.29, 0.717) is 0 Å². The molecule has 0 aliphatic rings. The molecule has 0 spiro atoms. The number of aliphatic carboxylic acids is 1. The van der Waals surface area contributed by atoms with Crippen molar-refractivity contribution in [3.63, 3.8) is 0 Å². The fourth-order valence-electron chi connectivity index (χ4n) is 0.571. The number of carboxylic acid groups (broad SMARTS) is 1. The molecule has 0 rings (SSSR count). The van der Waals surface area contributed by atoms with Crippen LogP contribution in [0.1, 0.15) is 19.3 Å². The molecular formula is C7H11NO4. The van der Waals surface area contributed by atoms with Crippen molar-refractivity contribution in [1.82, 2.24) is 0 Å². The van der Waals surface area contributed by atoms with Gasteiger partial charge >= 0.3 is 5.97 Å². The van der Waals surface area contributed by atoms with E-state index in [-0.39, 0.29) is 25.9 Å². The average Bonchev–Trinajstić information content (AvgIpc) is 2.01. The van der Waals surface area contributed by atoms with E-state index in [9.17, 15) is 4.79 Å². The molecule has 0 amide bonds. The molecule has 2 N–H and O–H groups in total. The van der Waals surface area contributed by atoms with Crippen LogP contribution in [0.25, 0.3) is 0 Å². The van der Waals surface area contributed by atoms with Gasteiger partial charge in [0, 0.05) is 6.42 Å². The van der Waals surface area contributed by atoms with E-state index in [1.807, 2.05) is 6.07 Å². The standard InChI is InChI=1S/C7H11NO4/c8-4-1-5-12-7(11)3-2-6(9)10/h7,11H,1-3,5H2,(H,9,10). The lowest BCUT2D eigenvalue weighted by Crippen LogP contribution is -2.14. The van der Waals surface area contributed by atoms with E-state index in [4.69, 9.17) is 20.2 Å². The highest BCUT2D eigenvalue weighted by Gasteiger charge is 2.06. The van der Waals surface area contributed by atoms with E-state index >= 15 is 0 Å². The lowest BCUT2D eigenvalue weighted by molar-refractivity contribution is -0.142. The van der Waals surface area contributed by atoms with E-state index in [1.54, 1.807) is 0 Å². The molecule has 1 unspecified atom stereocenters. The van der Waals surface area contributed by atoms with Crippen molar-refractivity contribution in [2.75, 3.05) is 6.61 Å². The van der Waals surface area contributed by atoms with Crippen LogP contribution in [0.2, 0.25) is 0 Å². The smallest absolute Gasteiger partial charge is 0.303 e. The monoisotopic (exact) mass is 173 g/mol. The second-order valence-electron chi connectivity index (χ2n) is 2.17. The normalized spacial score (nSPS) is 12.0. The molecule has 0 aromatic carbocycles. The van der Waals surface area contributed by atoms with Crippen molar-refractivity contribution in [2.24, 2.45) is 0 Å². The highest BCUT2D eigenvalue weighted by Crippen LogP contribution is 1.99. The van der Waals surface area contributed by atoms with Crippen LogP contribution in [0, 0.1) is 11.3 Å². The third-order valence-corrected chi connectivity index (χ3v) is 1.13. The van der Waals surface area contributed by atoms with E-state index in [1.165, 1.54) is 0 Å². The van der Waals surface area contributed by atoms with Gasteiger partial charge in [0.25, 0.3) is 0 Å². The van der Waals surface area contributed by atoms with Crippen molar-refractivity contribution in [3.05, 3.63) is 0 Å². The predicted octanol–water partition coefficient (Wildman–Crippen LogP) is 0.0999. The van der Waals surface area contributed by atoms with E-state index in [2.05, 4.69) is 0 Å². The highest BCUT2D eigenvalue weighted by molar-refractivity contribution is 5.66. The predicted molar refractivity (Wildman–Crippen MR) is 39.1 cm³/mol. The summed E-state index contributed by atoms with van der Waals surface area (Å²) in [5.74, 6) is -0.974. The number of aliphatic hydroxyl groups excluding tert-OH is 1. The van der Waals surface area contributed by atoms with Gasteiger partial charge in [-0.3, -0.25) is 4.79 Å². The van der Waals surface area contributed by atoms with Crippen molar-refractivity contribution >= 4 is 5.97 Å². The number of carboxylic acids is 1. The third kappa shape index (κ3) is 6.99. The van der Waals surface area contributed by atoms with Crippen molar-refractivity contribution in [3.8, 4) is 6.07 Å². The second-order valence-corrected chi connectivity index (χ2v) is 2.17. The van der Waals surface area contributed by atoms with Gasteiger partial charge in [0.15, 0.2) is 6.29 Å². The molecule has 0 heterocycles. The zero-order valence-electron chi connectivity index (χ0n) is 6.56. The molecule has 0 saturated heterocycles. The first kappa shape index (κ1) is 10.9. The van der Waals surface area contributed by atoms with Crippen LogP contribution in [-0.4, -0.2) is 29.1 Å². The molecule has 0 fully saturated rings. The summed E-state index contributed by atoms with van der Waals surface area (Å²) < 4.78 is 4.70. The first-order chi connectivity index (χ1) is 5.66. The summed E-state index contributed by atoms with van der Waals surface area (Å²) in [7, 11) is 0. The minimum Gasteiger partial charge on any atom is -0.481 e. The Morgan fingerprint density at radius 3 is 2.83 bits per heavy atom. The maximum Gasteiger partial charge on any atom is 0.303 e. The molecule has 0 radical (unpaired) electrons. The highest BCUT2D eigenvalue weighted by atomic mass is 16.6. The Morgan fingerprint density at radius 1 is 1.67 bits per heavy atom. The molecule has 0 aromatic rings. The minimum atomic E-state index is -1.07. The number of nitrogens with zero attached hydrogens (tertiary/aromatic N) is 1. The number of hydrogen-bond donors (Lipinski definition) is 2. The molecule has 0 aliphatic heterocycles. The largest absolute Gasteiger partial charge is 0.481 e. The quantitative estimate of drug-likeness (QED) is 0.439. The van der Waals surface area contributed by atoms with Crippen LogP contribution in [0.5, 0.6) is 0 Å². The number of carbonyl (C=O) groups is 1. The van der Waals surface area contributed by atoms with Gasteiger partial charge in [-0.05, 0) is 0 Å². The zero-order chi connectivity index (χ0) is 9.40. The van der Waals surface area contributed by atoms with Crippen molar-refractivity contribution in [1.29, 1.82) is 5.26 Å². The Morgan fingerprint density at radius 2 is 2.33 bits per heavy atom. The van der Waals surface area contributed by atoms with Gasteiger partial charge in [0.1, 0.15) is 0 Å². The lowest BCUT2D eigenvalue weighted by atomic mass is 10.3. The van der Waals surface area contributed by atoms with Crippen molar-refractivity contribution < 1.29 is 19.7 Å². The van der Waals surface area contributed by atoms with Crippen LogP contribution in [-0.2, 0) is 9.53 Å². The Labute approximate surface area is 70.2 Å². The molecule has 1 atom stereocenters. The van der Waals surface area contributed by atoms with Gasteiger partial charge in [-0.2, -0.15) is 5.26 Å². The second kappa shape index (κ2) is 6.58. The first-order valence-corrected chi connectivity index (χ1v) is 3.55. The van der Waals surface area contributed by atoms with Crippen LogP contribution in [0.15, 0.2) is 0 Å². The number of rotatable bonds is 6. The van der Waals surface area contributed by atoms with Crippen LogP contribution < -0.4 is 0 Å². The Balaban J connectivity index is 3.28. The van der Waals surface area contributed by atoms with Gasteiger partial charge in [-0.25, -0.2) is 0 Å². The minimum absolute atomic E-state index is 0.0563. The lowest BCUT2D eigenvalue weighted by Gasteiger charge is -2.08. The molecular weight excluding hydrogens is 162 g/mol. The van der Waals surface area contributed by atoms with E-state index in [0.717, 1.165) is 0 Å². The van der Waals surface area contributed by atoms with Gasteiger partial charge in [0.2, 0.25) is 0 Å². The summed E-state index contributed by atoms with van der Waals surface area (Å²) in [5.41, 5.74) is 0. The van der Waals surface area contributed by atoms with Crippen LogP contribution >= 0.6 is 0 Å². The summed E-state index contributed by atoms with van der Waals surface area (Å²) in [5, 5.41) is 25.2. The van der Waals surface area contributed by atoms with Crippen LogP contribution in [0.3, 0.4) is 0 Å². The van der Waals surface area contributed by atoms with Crippen LogP contribution in [0.4, 0.5) is 0 Å². The fourth-order valence-corrected chi connectivity index (χ4v) is 0.571. The van der Waals surface area contributed by atoms with Crippen molar-refractivity contribution in [2.45, 2.75) is 25.6 Å². The molecule has 0 saturated carbocycles. The molecule has 5 nitrogen and oxygen atoms in total. The molecule has 5 heteroatoms. The number of ether oxygens (including phenoxy) is 1. The summed E-state index contributed by atoms with van der Waals surface area (Å²) >= 11 is 0. The van der Waals surface area contributed by atoms with Gasteiger partial charge < -0.3 is 14.9 Å². The number of aliphatic hydroxyl groups is 1. The molecule has 68 valence electrons. The Hall–Kier alpha value is -1.12.